The van der Waals surface area contributed by atoms with Crippen LogP contribution in [0.1, 0.15) is 85.0 Å². The molecule has 214 valence electrons. The lowest BCUT2D eigenvalue weighted by Gasteiger charge is -2.63. The minimum Gasteiger partial charge on any atom is -0.393 e. The van der Waals surface area contributed by atoms with Crippen LogP contribution in [0.2, 0.25) is 0 Å². The zero-order valence-electron chi connectivity index (χ0n) is 23.4. The van der Waals surface area contributed by atoms with Gasteiger partial charge in [0.05, 0.1) is 25.4 Å². The van der Waals surface area contributed by atoms with Gasteiger partial charge in [-0.2, -0.15) is 0 Å². The van der Waals surface area contributed by atoms with E-state index in [4.69, 9.17) is 9.47 Å². The van der Waals surface area contributed by atoms with E-state index >= 15 is 0 Å². The molecule has 0 aromatic rings. The highest BCUT2D eigenvalue weighted by molar-refractivity contribution is 5.79. The summed E-state index contributed by atoms with van der Waals surface area (Å²) in [4.78, 5) is 39.1. The first-order valence-corrected chi connectivity index (χ1v) is 14.9. The summed E-state index contributed by atoms with van der Waals surface area (Å²) < 4.78 is 12.7. The second kappa shape index (κ2) is 11.0. The summed E-state index contributed by atoms with van der Waals surface area (Å²) in [5.74, 6) is 0.413. The fourth-order valence-corrected chi connectivity index (χ4v) is 8.62. The Labute approximate surface area is 226 Å². The van der Waals surface area contributed by atoms with E-state index in [-0.39, 0.29) is 58.5 Å². The fraction of sp³-hybridized carbons (Fsp3) is 0.897. The standard InChI is InChI=1S/C29H47N3O6/c1-18(33)31-20-11-13-32(16-20)25(35)14-21-22(34)8-9-23-28(21,2)12-10-24-29(23,3)17-37-26(38-24)15-30-27(36)19-6-4-5-7-19/h19-24,26,34H,4-17H2,1-3H3,(H,30,36)(H,31,33). The van der Waals surface area contributed by atoms with Gasteiger partial charge in [0.25, 0.3) is 0 Å². The lowest BCUT2D eigenvalue weighted by Crippen LogP contribution is -2.63. The van der Waals surface area contributed by atoms with Crippen LogP contribution in [0.4, 0.5) is 0 Å². The van der Waals surface area contributed by atoms with Crippen molar-refractivity contribution >= 4 is 17.7 Å². The molecule has 0 bridgehead atoms. The Morgan fingerprint density at radius 3 is 2.53 bits per heavy atom. The first-order chi connectivity index (χ1) is 18.1. The largest absolute Gasteiger partial charge is 0.393 e. The highest BCUT2D eigenvalue weighted by Gasteiger charge is 2.61. The second-order valence-corrected chi connectivity index (χ2v) is 13.2. The van der Waals surface area contributed by atoms with Crippen LogP contribution in [0.3, 0.4) is 0 Å². The molecule has 3 amide bonds. The summed E-state index contributed by atoms with van der Waals surface area (Å²) in [6, 6.07) is 0.0119. The van der Waals surface area contributed by atoms with Crippen molar-refractivity contribution in [3.63, 3.8) is 0 Å². The van der Waals surface area contributed by atoms with E-state index in [0.717, 1.165) is 51.4 Å². The lowest BCUT2D eigenvalue weighted by molar-refractivity contribution is -0.306. The van der Waals surface area contributed by atoms with Crippen molar-refractivity contribution in [3.8, 4) is 0 Å². The average molecular weight is 534 g/mol. The van der Waals surface area contributed by atoms with Crippen molar-refractivity contribution < 1.29 is 29.0 Å². The van der Waals surface area contributed by atoms with Crippen molar-refractivity contribution in [2.75, 3.05) is 26.2 Å². The van der Waals surface area contributed by atoms with Crippen molar-refractivity contribution in [2.45, 2.75) is 110 Å². The molecule has 5 fully saturated rings. The van der Waals surface area contributed by atoms with E-state index < -0.39 is 12.4 Å². The Morgan fingerprint density at radius 2 is 1.79 bits per heavy atom. The van der Waals surface area contributed by atoms with Crippen LogP contribution in [0, 0.1) is 28.6 Å². The van der Waals surface area contributed by atoms with Gasteiger partial charge in [0.1, 0.15) is 0 Å². The molecule has 0 radical (unpaired) electrons. The number of amides is 3. The molecule has 3 saturated carbocycles. The molecule has 5 rings (SSSR count). The molecule has 0 spiro atoms. The molecule has 8 unspecified atom stereocenters. The zero-order chi connectivity index (χ0) is 27.1. The number of rotatable bonds is 6. The number of carbonyl (C=O) groups excluding carboxylic acids is 3. The third-order valence-corrected chi connectivity index (χ3v) is 10.7. The predicted octanol–water partition coefficient (Wildman–Crippen LogP) is 2.35. The average Bonchev–Trinajstić information content (AvgIpc) is 3.57. The molecule has 3 N–H and O–H groups in total. The summed E-state index contributed by atoms with van der Waals surface area (Å²) in [5.41, 5.74) is -0.393. The Bertz CT molecular complexity index is 909. The van der Waals surface area contributed by atoms with Gasteiger partial charge < -0.3 is 30.1 Å². The Kier molecular flexibility index (Phi) is 8.09. The first-order valence-electron chi connectivity index (χ1n) is 14.9. The molecule has 2 aliphatic heterocycles. The topological polar surface area (TPSA) is 117 Å². The molecule has 2 heterocycles. The van der Waals surface area contributed by atoms with Crippen LogP contribution in [-0.2, 0) is 23.9 Å². The number of hydrogen-bond donors (Lipinski definition) is 3. The van der Waals surface area contributed by atoms with Crippen LogP contribution < -0.4 is 10.6 Å². The molecule has 0 aromatic carbocycles. The van der Waals surface area contributed by atoms with Gasteiger partial charge >= 0.3 is 0 Å². The SMILES string of the molecule is CC(=O)NC1CCN(C(=O)CC2C(O)CCC3C4(C)COC(CNC(=O)C5CCCC5)OC4CCC23C)C1. The van der Waals surface area contributed by atoms with E-state index in [9.17, 15) is 19.5 Å². The quantitative estimate of drug-likeness (QED) is 0.483. The number of fused-ring (bicyclic) bond motifs is 3. The first kappa shape index (κ1) is 27.8. The van der Waals surface area contributed by atoms with Gasteiger partial charge in [0.2, 0.25) is 17.7 Å². The third-order valence-electron chi connectivity index (χ3n) is 10.7. The van der Waals surface area contributed by atoms with Gasteiger partial charge in [-0.1, -0.05) is 26.7 Å². The predicted molar refractivity (Wildman–Crippen MR) is 141 cm³/mol. The normalized spacial score (nSPS) is 41.3. The fourth-order valence-electron chi connectivity index (χ4n) is 8.62. The van der Waals surface area contributed by atoms with E-state index in [2.05, 4.69) is 24.5 Å². The number of aliphatic hydroxyl groups excluding tert-OH is 1. The molecule has 2 saturated heterocycles. The number of nitrogens with zero attached hydrogens (tertiary/aromatic N) is 1. The monoisotopic (exact) mass is 533 g/mol. The van der Waals surface area contributed by atoms with Gasteiger partial charge in [-0.25, -0.2) is 0 Å². The smallest absolute Gasteiger partial charge is 0.223 e. The van der Waals surface area contributed by atoms with E-state index in [1.165, 1.54) is 6.92 Å². The highest BCUT2D eigenvalue weighted by Crippen LogP contribution is 2.62. The lowest BCUT2D eigenvalue weighted by atomic mass is 9.46. The van der Waals surface area contributed by atoms with Gasteiger partial charge in [0, 0.05) is 43.8 Å². The molecule has 8 atom stereocenters. The summed E-state index contributed by atoms with van der Waals surface area (Å²) in [5, 5.41) is 17.1. The van der Waals surface area contributed by atoms with Gasteiger partial charge in [0.15, 0.2) is 6.29 Å². The number of likely N-dealkylation sites (tertiary alicyclic amines) is 1. The van der Waals surface area contributed by atoms with Crippen molar-refractivity contribution in [1.29, 1.82) is 0 Å². The number of hydrogen-bond acceptors (Lipinski definition) is 6. The minimum atomic E-state index is -0.502. The third kappa shape index (κ3) is 5.35. The summed E-state index contributed by atoms with van der Waals surface area (Å²) in [6.07, 6.45) is 7.73. The number of ether oxygens (including phenoxy) is 2. The number of nitrogens with one attached hydrogen (secondary N) is 2. The van der Waals surface area contributed by atoms with Crippen molar-refractivity contribution in [1.82, 2.24) is 15.5 Å². The summed E-state index contributed by atoms with van der Waals surface area (Å²) in [7, 11) is 0. The van der Waals surface area contributed by atoms with Crippen molar-refractivity contribution in [3.05, 3.63) is 0 Å². The van der Waals surface area contributed by atoms with Gasteiger partial charge in [-0.3, -0.25) is 14.4 Å². The second-order valence-electron chi connectivity index (χ2n) is 13.2. The van der Waals surface area contributed by atoms with Crippen LogP contribution >= 0.6 is 0 Å². The maximum atomic E-state index is 13.4. The Hall–Kier alpha value is -1.71. The van der Waals surface area contributed by atoms with E-state index in [1.54, 1.807) is 0 Å². The molecular formula is C29H47N3O6. The van der Waals surface area contributed by atoms with E-state index in [0.29, 0.717) is 39.1 Å². The van der Waals surface area contributed by atoms with Crippen LogP contribution in [-0.4, -0.2) is 78.5 Å². The molecule has 38 heavy (non-hydrogen) atoms. The molecular weight excluding hydrogens is 486 g/mol. The molecule has 9 nitrogen and oxygen atoms in total. The maximum absolute atomic E-state index is 13.4. The summed E-state index contributed by atoms with van der Waals surface area (Å²) in [6.45, 7) is 8.15. The Balaban J connectivity index is 1.21. The zero-order valence-corrected chi connectivity index (χ0v) is 23.4. The van der Waals surface area contributed by atoms with Crippen molar-refractivity contribution in [2.24, 2.45) is 28.6 Å². The van der Waals surface area contributed by atoms with Gasteiger partial charge in [-0.05, 0) is 62.2 Å². The number of aliphatic hydroxyl groups is 1. The van der Waals surface area contributed by atoms with Crippen LogP contribution in [0.15, 0.2) is 0 Å². The molecule has 3 aliphatic carbocycles. The molecule has 9 heteroatoms. The number of carbonyl (C=O) groups is 3. The van der Waals surface area contributed by atoms with Gasteiger partial charge in [-0.15, -0.1) is 0 Å². The molecule has 0 aromatic heterocycles. The van der Waals surface area contributed by atoms with Crippen LogP contribution in [0.5, 0.6) is 0 Å². The van der Waals surface area contributed by atoms with Crippen LogP contribution in [0.25, 0.3) is 0 Å². The molecule has 5 aliphatic rings. The minimum absolute atomic E-state index is 0.0119. The highest BCUT2D eigenvalue weighted by atomic mass is 16.7. The van der Waals surface area contributed by atoms with E-state index in [1.807, 2.05) is 4.90 Å². The summed E-state index contributed by atoms with van der Waals surface area (Å²) >= 11 is 0. The maximum Gasteiger partial charge on any atom is 0.223 e. The Morgan fingerprint density at radius 1 is 1.03 bits per heavy atom.